The van der Waals surface area contributed by atoms with Gasteiger partial charge in [-0.2, -0.15) is 0 Å². The minimum atomic E-state index is -0.468. The lowest BCUT2D eigenvalue weighted by molar-refractivity contribution is -0.384. The first-order valence-electron chi connectivity index (χ1n) is 5.84. The summed E-state index contributed by atoms with van der Waals surface area (Å²) in [6.45, 7) is 1.82. The van der Waals surface area contributed by atoms with Gasteiger partial charge < -0.3 is 10.9 Å². The molecule has 1 aromatic heterocycles. The minimum Gasteiger partial charge on any atom is -0.308 e. The van der Waals surface area contributed by atoms with Gasteiger partial charge in [-0.25, -0.2) is 15.8 Å². The number of nitrogens with zero attached hydrogens (tertiary/aromatic N) is 3. The van der Waals surface area contributed by atoms with E-state index in [1.165, 1.54) is 18.6 Å². The molecule has 1 aliphatic rings. The summed E-state index contributed by atoms with van der Waals surface area (Å²) in [5.74, 6) is 5.94. The number of anilines is 2. The van der Waals surface area contributed by atoms with Gasteiger partial charge in [0.2, 0.25) is 0 Å². The maximum Gasteiger partial charge on any atom is 0.276 e. The molecule has 18 heavy (non-hydrogen) atoms. The van der Waals surface area contributed by atoms with Crippen LogP contribution in [0.4, 0.5) is 17.3 Å². The molecule has 0 radical (unpaired) electrons. The van der Waals surface area contributed by atoms with E-state index < -0.39 is 4.92 Å². The van der Waals surface area contributed by atoms with Crippen molar-refractivity contribution in [2.75, 3.05) is 23.9 Å². The molecule has 4 N–H and O–H groups in total. The Hall–Kier alpha value is -1.93. The molecule has 2 rings (SSSR count). The number of hydrazine groups is 2. The lowest BCUT2D eigenvalue weighted by Gasteiger charge is -2.27. The summed E-state index contributed by atoms with van der Waals surface area (Å²) in [5, 5.41) is 12.8. The molecule has 0 bridgehead atoms. The summed E-state index contributed by atoms with van der Waals surface area (Å²) < 4.78 is 0. The molecule has 1 aromatic rings. The number of nitrogens with one attached hydrogen (secondary N) is 2. The van der Waals surface area contributed by atoms with Crippen molar-refractivity contribution >= 4 is 17.3 Å². The molecular formula is C10H16N6O2. The highest BCUT2D eigenvalue weighted by atomic mass is 16.6. The summed E-state index contributed by atoms with van der Waals surface area (Å²) in [5.41, 5.74) is 5.35. The molecule has 98 valence electrons. The molecule has 8 nitrogen and oxygen atoms in total. The van der Waals surface area contributed by atoms with E-state index in [0.717, 1.165) is 25.9 Å². The van der Waals surface area contributed by atoms with Gasteiger partial charge in [-0.15, -0.1) is 0 Å². The van der Waals surface area contributed by atoms with Crippen LogP contribution < -0.4 is 16.7 Å². The van der Waals surface area contributed by atoms with Crippen molar-refractivity contribution in [3.63, 3.8) is 0 Å². The second-order valence-corrected chi connectivity index (χ2v) is 4.16. The largest absolute Gasteiger partial charge is 0.308 e. The van der Waals surface area contributed by atoms with Crippen LogP contribution in [-0.4, -0.2) is 28.0 Å². The van der Waals surface area contributed by atoms with Crippen LogP contribution in [0.3, 0.4) is 0 Å². The maximum atomic E-state index is 10.8. The highest BCUT2D eigenvalue weighted by molar-refractivity contribution is 5.53. The fourth-order valence-corrected chi connectivity index (χ4v) is 1.92. The molecule has 0 amide bonds. The Morgan fingerprint density at radius 1 is 1.28 bits per heavy atom. The van der Waals surface area contributed by atoms with Crippen LogP contribution in [0.25, 0.3) is 0 Å². The van der Waals surface area contributed by atoms with Crippen LogP contribution in [0.5, 0.6) is 0 Å². The number of nitrogens with two attached hydrogens (primary N) is 1. The molecule has 1 saturated heterocycles. The standard InChI is InChI=1S/C10H16N6O2/c11-13-9-6-8(16(17)18)7-10(12-9)14-15-4-2-1-3-5-15/h6-7H,1-5,11H2,(H2,12,13,14). The first kappa shape index (κ1) is 12.5. The van der Waals surface area contributed by atoms with Crippen molar-refractivity contribution < 1.29 is 4.92 Å². The lowest BCUT2D eigenvalue weighted by Crippen LogP contribution is -2.35. The van der Waals surface area contributed by atoms with Crippen LogP contribution in [0, 0.1) is 10.1 Å². The van der Waals surface area contributed by atoms with Gasteiger partial charge in [0.25, 0.3) is 5.69 Å². The van der Waals surface area contributed by atoms with Crippen molar-refractivity contribution in [3.05, 3.63) is 22.2 Å². The highest BCUT2D eigenvalue weighted by Gasteiger charge is 2.14. The summed E-state index contributed by atoms with van der Waals surface area (Å²) in [6.07, 6.45) is 3.45. The second-order valence-electron chi connectivity index (χ2n) is 4.16. The lowest BCUT2D eigenvalue weighted by atomic mass is 10.2. The Morgan fingerprint density at radius 2 is 1.94 bits per heavy atom. The number of nitrogen functional groups attached to an aromatic ring is 1. The highest BCUT2D eigenvalue weighted by Crippen LogP contribution is 2.21. The number of hydrogen-bond acceptors (Lipinski definition) is 7. The molecule has 1 fully saturated rings. The first-order valence-corrected chi connectivity index (χ1v) is 5.84. The molecule has 0 saturated carbocycles. The van der Waals surface area contributed by atoms with E-state index in [-0.39, 0.29) is 11.5 Å². The van der Waals surface area contributed by atoms with Crippen molar-refractivity contribution in [2.24, 2.45) is 5.84 Å². The predicted octanol–water partition coefficient (Wildman–Crippen LogP) is 1.09. The normalized spacial score (nSPS) is 16.3. The monoisotopic (exact) mass is 252 g/mol. The Labute approximate surface area is 104 Å². The third-order valence-electron chi connectivity index (χ3n) is 2.80. The van der Waals surface area contributed by atoms with Gasteiger partial charge in [-0.05, 0) is 12.8 Å². The number of pyridine rings is 1. The van der Waals surface area contributed by atoms with E-state index in [1.54, 1.807) is 0 Å². The van der Waals surface area contributed by atoms with Crippen LogP contribution >= 0.6 is 0 Å². The van der Waals surface area contributed by atoms with Gasteiger partial charge in [-0.1, -0.05) is 6.42 Å². The predicted molar refractivity (Wildman–Crippen MR) is 67.7 cm³/mol. The van der Waals surface area contributed by atoms with Gasteiger partial charge in [-0.3, -0.25) is 10.1 Å². The number of aromatic nitrogens is 1. The van der Waals surface area contributed by atoms with E-state index >= 15 is 0 Å². The van der Waals surface area contributed by atoms with Crippen LogP contribution in [0.1, 0.15) is 19.3 Å². The third-order valence-corrected chi connectivity index (χ3v) is 2.80. The van der Waals surface area contributed by atoms with E-state index in [9.17, 15) is 10.1 Å². The average Bonchev–Trinajstić information content (AvgIpc) is 2.39. The van der Waals surface area contributed by atoms with Gasteiger partial charge in [0.1, 0.15) is 11.6 Å². The molecule has 1 aliphatic heterocycles. The van der Waals surface area contributed by atoms with Crippen molar-refractivity contribution in [1.82, 2.24) is 9.99 Å². The summed E-state index contributed by atoms with van der Waals surface area (Å²) in [6, 6.07) is 2.69. The average molecular weight is 252 g/mol. The summed E-state index contributed by atoms with van der Waals surface area (Å²) >= 11 is 0. The van der Waals surface area contributed by atoms with Gasteiger partial charge >= 0.3 is 0 Å². The molecule has 0 spiro atoms. The quantitative estimate of drug-likeness (QED) is 0.418. The fraction of sp³-hybridized carbons (Fsp3) is 0.500. The Morgan fingerprint density at radius 3 is 2.56 bits per heavy atom. The molecule has 2 heterocycles. The smallest absolute Gasteiger partial charge is 0.276 e. The zero-order valence-corrected chi connectivity index (χ0v) is 9.93. The summed E-state index contributed by atoms with van der Waals surface area (Å²) in [4.78, 5) is 14.4. The SMILES string of the molecule is NNc1cc([N+](=O)[O-])cc(NN2CCCCC2)n1. The molecule has 8 heteroatoms. The Bertz CT molecular complexity index is 432. The summed E-state index contributed by atoms with van der Waals surface area (Å²) in [7, 11) is 0. The van der Waals surface area contributed by atoms with Crippen LogP contribution in [0.2, 0.25) is 0 Å². The van der Waals surface area contributed by atoms with Gasteiger partial charge in [0.05, 0.1) is 17.1 Å². The topological polar surface area (TPSA) is 109 Å². The molecule has 0 unspecified atom stereocenters. The van der Waals surface area contributed by atoms with E-state index in [1.807, 2.05) is 5.01 Å². The molecular weight excluding hydrogens is 236 g/mol. The zero-order valence-electron chi connectivity index (χ0n) is 9.93. The van der Waals surface area contributed by atoms with Crippen LogP contribution in [0.15, 0.2) is 12.1 Å². The van der Waals surface area contributed by atoms with Crippen LogP contribution in [-0.2, 0) is 0 Å². The van der Waals surface area contributed by atoms with Crippen molar-refractivity contribution in [1.29, 1.82) is 0 Å². The molecule has 0 atom stereocenters. The molecule has 0 aromatic carbocycles. The van der Waals surface area contributed by atoms with E-state index in [4.69, 9.17) is 5.84 Å². The van der Waals surface area contributed by atoms with E-state index in [2.05, 4.69) is 15.8 Å². The molecule has 0 aliphatic carbocycles. The van der Waals surface area contributed by atoms with Crippen molar-refractivity contribution in [3.8, 4) is 0 Å². The Kier molecular flexibility index (Phi) is 3.90. The Balaban J connectivity index is 2.15. The number of nitro groups is 1. The number of rotatable bonds is 4. The first-order chi connectivity index (χ1) is 8.69. The maximum absolute atomic E-state index is 10.8. The van der Waals surface area contributed by atoms with Crippen molar-refractivity contribution in [2.45, 2.75) is 19.3 Å². The third kappa shape index (κ3) is 3.05. The zero-order chi connectivity index (χ0) is 13.0. The number of hydrogen-bond donors (Lipinski definition) is 3. The minimum absolute atomic E-state index is 0.0440. The van der Waals surface area contributed by atoms with Gasteiger partial charge in [0.15, 0.2) is 0 Å². The van der Waals surface area contributed by atoms with E-state index in [0.29, 0.717) is 5.82 Å². The van der Waals surface area contributed by atoms with Gasteiger partial charge in [0, 0.05) is 13.1 Å². The second kappa shape index (κ2) is 5.61. The number of piperidine rings is 1. The fourth-order valence-electron chi connectivity index (χ4n) is 1.92.